The van der Waals surface area contributed by atoms with Gasteiger partial charge in [0.15, 0.2) is 0 Å². The van der Waals surface area contributed by atoms with Crippen molar-refractivity contribution in [3.63, 3.8) is 0 Å². The number of hydrogen-bond donors (Lipinski definition) is 2. The van der Waals surface area contributed by atoms with E-state index in [1.54, 1.807) is 19.1 Å². The number of nitrogens with two attached hydrogens (primary N) is 1. The molecule has 0 spiro atoms. The Bertz CT molecular complexity index is 632. The second-order valence-corrected chi connectivity index (χ2v) is 4.34. The van der Waals surface area contributed by atoms with Crippen LogP contribution in [0.2, 0.25) is 0 Å². The number of nitrogen functional groups attached to an aromatic ring is 1. The normalized spacial score (nSPS) is 11.7. The van der Waals surface area contributed by atoms with Crippen LogP contribution in [0.15, 0.2) is 30.6 Å². The van der Waals surface area contributed by atoms with Crippen molar-refractivity contribution in [3.05, 3.63) is 41.7 Å². The van der Waals surface area contributed by atoms with Gasteiger partial charge in [0.05, 0.1) is 18.2 Å². The molecule has 0 bridgehead atoms. The average molecular weight is 287 g/mol. The molecule has 0 aliphatic rings. The van der Waals surface area contributed by atoms with Crippen molar-refractivity contribution in [3.8, 4) is 0 Å². The molecule has 0 saturated heterocycles. The van der Waals surface area contributed by atoms with E-state index < -0.39 is 0 Å². The summed E-state index contributed by atoms with van der Waals surface area (Å²) in [6, 6.07) is 7.05. The van der Waals surface area contributed by atoms with Crippen LogP contribution in [0.3, 0.4) is 0 Å². The Labute approximate surface area is 122 Å². The van der Waals surface area contributed by atoms with Gasteiger partial charge in [-0.1, -0.05) is 18.2 Å². The standard InChI is InChI=1S/C14H17N5O2/c1-3-21-12(20)11-7-5-4-6-10(11)9(2)18-14-17-8-16-13(15)19-14/h4-9H,3H2,1-2H3,(H3,15,16,17,18,19). The molecule has 21 heavy (non-hydrogen) atoms. The van der Waals surface area contributed by atoms with E-state index in [0.717, 1.165) is 5.56 Å². The summed E-state index contributed by atoms with van der Waals surface area (Å²) < 4.78 is 5.06. The molecule has 110 valence electrons. The average Bonchev–Trinajstić information content (AvgIpc) is 2.47. The summed E-state index contributed by atoms with van der Waals surface area (Å²) in [5.74, 6) is 0.143. The molecule has 0 saturated carbocycles. The topological polar surface area (TPSA) is 103 Å². The zero-order valence-electron chi connectivity index (χ0n) is 11.9. The van der Waals surface area contributed by atoms with Gasteiger partial charge in [0.2, 0.25) is 11.9 Å². The number of ether oxygens (including phenoxy) is 1. The van der Waals surface area contributed by atoms with Crippen molar-refractivity contribution in [2.75, 3.05) is 17.7 Å². The second kappa shape index (κ2) is 6.65. The Kier molecular flexibility index (Phi) is 4.65. The number of benzene rings is 1. The van der Waals surface area contributed by atoms with Crippen LogP contribution in [0.5, 0.6) is 0 Å². The first-order valence-corrected chi connectivity index (χ1v) is 6.59. The Balaban J connectivity index is 2.23. The quantitative estimate of drug-likeness (QED) is 0.808. The van der Waals surface area contributed by atoms with Gasteiger partial charge in [0.25, 0.3) is 0 Å². The Morgan fingerprint density at radius 1 is 1.38 bits per heavy atom. The maximum absolute atomic E-state index is 12.0. The summed E-state index contributed by atoms with van der Waals surface area (Å²) >= 11 is 0. The first kappa shape index (κ1) is 14.7. The van der Waals surface area contributed by atoms with Crippen molar-refractivity contribution in [2.45, 2.75) is 19.9 Å². The summed E-state index contributed by atoms with van der Waals surface area (Å²) in [5.41, 5.74) is 6.83. The fourth-order valence-corrected chi connectivity index (χ4v) is 1.92. The molecular formula is C14H17N5O2. The number of carbonyl (C=O) groups is 1. The summed E-state index contributed by atoms with van der Waals surface area (Å²) in [7, 11) is 0. The van der Waals surface area contributed by atoms with Crippen LogP contribution in [0.4, 0.5) is 11.9 Å². The van der Waals surface area contributed by atoms with E-state index in [4.69, 9.17) is 10.5 Å². The predicted octanol–water partition coefficient (Wildman–Crippen LogP) is 1.80. The van der Waals surface area contributed by atoms with Gasteiger partial charge in [0, 0.05) is 0 Å². The van der Waals surface area contributed by atoms with Gasteiger partial charge in [-0.05, 0) is 25.5 Å². The van der Waals surface area contributed by atoms with E-state index in [1.807, 2.05) is 19.1 Å². The van der Waals surface area contributed by atoms with Gasteiger partial charge in [-0.2, -0.15) is 4.98 Å². The van der Waals surface area contributed by atoms with E-state index in [9.17, 15) is 4.79 Å². The lowest BCUT2D eigenvalue weighted by atomic mass is 10.0. The zero-order valence-corrected chi connectivity index (χ0v) is 11.9. The smallest absolute Gasteiger partial charge is 0.338 e. The van der Waals surface area contributed by atoms with Gasteiger partial charge in [0.1, 0.15) is 6.33 Å². The molecule has 0 aliphatic carbocycles. The third-order valence-electron chi connectivity index (χ3n) is 2.86. The first-order valence-electron chi connectivity index (χ1n) is 6.59. The van der Waals surface area contributed by atoms with E-state index >= 15 is 0 Å². The van der Waals surface area contributed by atoms with Crippen molar-refractivity contribution < 1.29 is 9.53 Å². The highest BCUT2D eigenvalue weighted by atomic mass is 16.5. The fraction of sp³-hybridized carbons (Fsp3) is 0.286. The Morgan fingerprint density at radius 2 is 2.14 bits per heavy atom. The molecule has 0 fully saturated rings. The van der Waals surface area contributed by atoms with Crippen molar-refractivity contribution in [2.24, 2.45) is 0 Å². The van der Waals surface area contributed by atoms with Crippen molar-refractivity contribution in [1.29, 1.82) is 0 Å². The molecule has 7 heteroatoms. The predicted molar refractivity (Wildman–Crippen MR) is 78.7 cm³/mol. The van der Waals surface area contributed by atoms with Gasteiger partial charge >= 0.3 is 5.97 Å². The van der Waals surface area contributed by atoms with Gasteiger partial charge in [-0.3, -0.25) is 0 Å². The molecule has 1 aromatic carbocycles. The first-order chi connectivity index (χ1) is 10.1. The minimum atomic E-state index is -0.350. The molecule has 0 radical (unpaired) electrons. The Hall–Kier alpha value is -2.70. The van der Waals surface area contributed by atoms with Crippen molar-refractivity contribution in [1.82, 2.24) is 15.0 Å². The van der Waals surface area contributed by atoms with E-state index in [-0.39, 0.29) is 18.0 Å². The molecule has 1 unspecified atom stereocenters. The van der Waals surface area contributed by atoms with E-state index in [0.29, 0.717) is 18.1 Å². The molecular weight excluding hydrogens is 270 g/mol. The van der Waals surface area contributed by atoms with Gasteiger partial charge < -0.3 is 15.8 Å². The number of esters is 1. The molecule has 0 amide bonds. The van der Waals surface area contributed by atoms with Crippen LogP contribution in [-0.2, 0) is 4.74 Å². The summed E-state index contributed by atoms with van der Waals surface area (Å²) in [4.78, 5) is 23.7. The highest BCUT2D eigenvalue weighted by Crippen LogP contribution is 2.21. The minimum absolute atomic E-state index is 0.137. The fourth-order valence-electron chi connectivity index (χ4n) is 1.92. The number of aromatic nitrogens is 3. The van der Waals surface area contributed by atoms with E-state index in [1.165, 1.54) is 6.33 Å². The zero-order chi connectivity index (χ0) is 15.2. The van der Waals surface area contributed by atoms with Crippen LogP contribution in [0.25, 0.3) is 0 Å². The lowest BCUT2D eigenvalue weighted by Gasteiger charge is -2.17. The molecule has 7 nitrogen and oxygen atoms in total. The number of nitrogens with one attached hydrogen (secondary N) is 1. The summed E-state index contributed by atoms with van der Waals surface area (Å²) in [5, 5.41) is 3.09. The van der Waals surface area contributed by atoms with Gasteiger partial charge in [-0.15, -0.1) is 0 Å². The van der Waals surface area contributed by atoms with Crippen LogP contribution < -0.4 is 11.1 Å². The van der Waals surface area contributed by atoms with Crippen LogP contribution in [0.1, 0.15) is 35.8 Å². The number of carbonyl (C=O) groups excluding carboxylic acids is 1. The number of anilines is 2. The lowest BCUT2D eigenvalue weighted by molar-refractivity contribution is 0.0524. The molecule has 1 aromatic heterocycles. The second-order valence-electron chi connectivity index (χ2n) is 4.34. The Morgan fingerprint density at radius 3 is 2.86 bits per heavy atom. The number of nitrogens with zero attached hydrogens (tertiary/aromatic N) is 3. The summed E-state index contributed by atoms with van der Waals surface area (Å²) in [6.07, 6.45) is 1.33. The minimum Gasteiger partial charge on any atom is -0.462 e. The van der Waals surface area contributed by atoms with Crippen molar-refractivity contribution >= 4 is 17.9 Å². The largest absolute Gasteiger partial charge is 0.462 e. The van der Waals surface area contributed by atoms with Gasteiger partial charge in [-0.25, -0.2) is 14.8 Å². The van der Waals surface area contributed by atoms with E-state index in [2.05, 4.69) is 20.3 Å². The lowest BCUT2D eigenvalue weighted by Crippen LogP contribution is -2.15. The van der Waals surface area contributed by atoms with Crippen LogP contribution >= 0.6 is 0 Å². The molecule has 2 rings (SSSR count). The third-order valence-corrected chi connectivity index (χ3v) is 2.86. The molecule has 0 aliphatic heterocycles. The third kappa shape index (κ3) is 3.65. The highest BCUT2D eigenvalue weighted by molar-refractivity contribution is 5.91. The molecule has 2 aromatic rings. The molecule has 1 atom stereocenters. The number of hydrogen-bond acceptors (Lipinski definition) is 7. The monoisotopic (exact) mass is 287 g/mol. The SMILES string of the molecule is CCOC(=O)c1ccccc1C(C)Nc1ncnc(N)n1. The summed E-state index contributed by atoms with van der Waals surface area (Å²) in [6.45, 7) is 4.01. The maximum Gasteiger partial charge on any atom is 0.338 e. The highest BCUT2D eigenvalue weighted by Gasteiger charge is 2.17. The molecule has 1 heterocycles. The maximum atomic E-state index is 12.0. The molecule has 3 N–H and O–H groups in total. The van der Waals surface area contributed by atoms with Crippen LogP contribution in [-0.4, -0.2) is 27.5 Å². The van der Waals surface area contributed by atoms with Crippen LogP contribution in [0, 0.1) is 0 Å². The number of rotatable bonds is 5.